The number of carbonyl (C=O) groups excluding carboxylic acids is 5. The highest BCUT2D eigenvalue weighted by molar-refractivity contribution is 5.94. The molecule has 1 aromatic rings. The number of benzene rings is 1. The van der Waals surface area contributed by atoms with Gasteiger partial charge in [0, 0.05) is 25.7 Å². The number of hydrogen-bond donors (Lipinski definition) is 8. The van der Waals surface area contributed by atoms with Gasteiger partial charge in [-0.25, -0.2) is 4.79 Å². The standard InChI is InChI=1S/C24H34N6O9/c25-14(6-9-18(26)31)21(35)28-16(8-11-20(33)34)22(36)29-15(7-10-19(27)32)23(37)30-17(24(38)39)12-13-4-2-1-3-5-13/h1-5,14-17H,6-12,25H2,(H2,26,31)(H2,27,32)(H,28,35)(H,29,36)(H,30,37)(H,33,34)(H,38,39). The largest absolute Gasteiger partial charge is 0.481 e. The molecule has 0 aliphatic carbocycles. The van der Waals surface area contributed by atoms with Crippen LogP contribution < -0.4 is 33.2 Å². The molecule has 0 saturated carbocycles. The molecule has 0 aromatic heterocycles. The van der Waals surface area contributed by atoms with Crippen molar-refractivity contribution < 1.29 is 43.8 Å². The predicted octanol–water partition coefficient (Wildman–Crippen LogP) is -2.51. The molecule has 11 N–H and O–H groups in total. The Bertz CT molecular complexity index is 1050. The van der Waals surface area contributed by atoms with Gasteiger partial charge in [-0.1, -0.05) is 30.3 Å². The molecule has 0 heterocycles. The Morgan fingerprint density at radius 2 is 1.13 bits per heavy atom. The van der Waals surface area contributed by atoms with Crippen LogP contribution in [-0.2, 0) is 40.0 Å². The molecular weight excluding hydrogens is 516 g/mol. The van der Waals surface area contributed by atoms with E-state index in [0.717, 1.165) is 0 Å². The van der Waals surface area contributed by atoms with Crippen molar-refractivity contribution >= 4 is 41.5 Å². The molecule has 0 aliphatic rings. The summed E-state index contributed by atoms with van der Waals surface area (Å²) in [7, 11) is 0. The Morgan fingerprint density at radius 1 is 0.667 bits per heavy atom. The maximum absolute atomic E-state index is 13.0. The van der Waals surface area contributed by atoms with E-state index in [4.69, 9.17) is 22.3 Å². The number of amides is 5. The molecule has 5 amide bonds. The summed E-state index contributed by atoms with van der Waals surface area (Å²) in [5.41, 5.74) is 16.5. The van der Waals surface area contributed by atoms with E-state index >= 15 is 0 Å². The van der Waals surface area contributed by atoms with Crippen molar-refractivity contribution in [2.45, 2.75) is 69.1 Å². The van der Waals surface area contributed by atoms with Crippen LogP contribution in [0.1, 0.15) is 44.1 Å². The van der Waals surface area contributed by atoms with Gasteiger partial charge >= 0.3 is 11.9 Å². The van der Waals surface area contributed by atoms with Gasteiger partial charge in [0.05, 0.1) is 6.04 Å². The second-order valence-electron chi connectivity index (χ2n) is 8.76. The summed E-state index contributed by atoms with van der Waals surface area (Å²) in [5, 5.41) is 25.5. The van der Waals surface area contributed by atoms with Gasteiger partial charge in [0.2, 0.25) is 29.5 Å². The van der Waals surface area contributed by atoms with Gasteiger partial charge in [0.15, 0.2) is 0 Å². The summed E-state index contributed by atoms with van der Waals surface area (Å²) in [4.78, 5) is 83.5. The normalized spacial score (nSPS) is 13.7. The van der Waals surface area contributed by atoms with Gasteiger partial charge in [0.1, 0.15) is 18.1 Å². The second-order valence-corrected chi connectivity index (χ2v) is 8.76. The highest BCUT2D eigenvalue weighted by Crippen LogP contribution is 2.07. The van der Waals surface area contributed by atoms with Crippen LogP contribution in [0.5, 0.6) is 0 Å². The molecule has 0 radical (unpaired) electrons. The smallest absolute Gasteiger partial charge is 0.326 e. The van der Waals surface area contributed by atoms with E-state index in [1.54, 1.807) is 30.3 Å². The van der Waals surface area contributed by atoms with Crippen LogP contribution in [0.2, 0.25) is 0 Å². The number of nitrogens with two attached hydrogens (primary N) is 3. The van der Waals surface area contributed by atoms with Gasteiger partial charge in [0.25, 0.3) is 0 Å². The summed E-state index contributed by atoms with van der Waals surface area (Å²) < 4.78 is 0. The van der Waals surface area contributed by atoms with E-state index in [9.17, 15) is 38.7 Å². The van der Waals surface area contributed by atoms with E-state index in [1.807, 2.05) is 0 Å². The monoisotopic (exact) mass is 550 g/mol. The lowest BCUT2D eigenvalue weighted by Crippen LogP contribution is -2.57. The summed E-state index contributed by atoms with van der Waals surface area (Å²) in [6, 6.07) is 2.93. The number of carboxylic acids is 2. The number of carboxylic acid groups (broad SMARTS) is 2. The third-order valence-corrected chi connectivity index (χ3v) is 5.53. The Labute approximate surface area is 223 Å². The number of hydrogen-bond acceptors (Lipinski definition) is 8. The lowest BCUT2D eigenvalue weighted by atomic mass is 10.0. The fraction of sp³-hybridized carbons (Fsp3) is 0.458. The predicted molar refractivity (Wildman–Crippen MR) is 135 cm³/mol. The third-order valence-electron chi connectivity index (χ3n) is 5.53. The maximum atomic E-state index is 13.0. The van der Waals surface area contributed by atoms with Crippen molar-refractivity contribution in [1.29, 1.82) is 0 Å². The number of rotatable bonds is 18. The number of carbonyl (C=O) groups is 7. The van der Waals surface area contributed by atoms with E-state index in [2.05, 4.69) is 16.0 Å². The lowest BCUT2D eigenvalue weighted by molar-refractivity contribution is -0.142. The van der Waals surface area contributed by atoms with Crippen LogP contribution in [0, 0.1) is 0 Å². The first-order valence-corrected chi connectivity index (χ1v) is 12.0. The van der Waals surface area contributed by atoms with Crippen molar-refractivity contribution in [3.8, 4) is 0 Å². The summed E-state index contributed by atoms with van der Waals surface area (Å²) in [5.74, 6) is -6.89. The van der Waals surface area contributed by atoms with E-state index in [0.29, 0.717) is 5.56 Å². The molecule has 4 unspecified atom stereocenters. The SMILES string of the molecule is NC(=O)CCC(N)C(=O)NC(CCC(=O)O)C(=O)NC(CCC(N)=O)C(=O)NC(Cc1ccccc1)C(=O)O. The highest BCUT2D eigenvalue weighted by atomic mass is 16.4. The topological polar surface area (TPSA) is 274 Å². The molecule has 1 aromatic carbocycles. The lowest BCUT2D eigenvalue weighted by Gasteiger charge is -2.25. The van der Waals surface area contributed by atoms with Gasteiger partial charge in [-0.05, 0) is 24.8 Å². The first-order chi connectivity index (χ1) is 18.3. The van der Waals surface area contributed by atoms with Crippen molar-refractivity contribution in [1.82, 2.24) is 16.0 Å². The molecule has 4 atom stereocenters. The fourth-order valence-electron chi connectivity index (χ4n) is 3.39. The van der Waals surface area contributed by atoms with Crippen LogP contribution in [0.4, 0.5) is 0 Å². The fourth-order valence-corrected chi connectivity index (χ4v) is 3.39. The zero-order valence-electron chi connectivity index (χ0n) is 21.1. The Morgan fingerprint density at radius 3 is 1.62 bits per heavy atom. The summed E-state index contributed by atoms with van der Waals surface area (Å²) in [6.45, 7) is 0. The van der Waals surface area contributed by atoms with Crippen LogP contribution in [0.15, 0.2) is 30.3 Å². The third kappa shape index (κ3) is 13.0. The van der Waals surface area contributed by atoms with Crippen LogP contribution in [0.3, 0.4) is 0 Å². The molecule has 0 fully saturated rings. The van der Waals surface area contributed by atoms with E-state index in [-0.39, 0.29) is 38.5 Å². The number of nitrogens with one attached hydrogen (secondary N) is 3. The average Bonchev–Trinajstić information content (AvgIpc) is 2.86. The van der Waals surface area contributed by atoms with Crippen molar-refractivity contribution in [2.24, 2.45) is 17.2 Å². The number of aliphatic carboxylic acids is 2. The molecule has 15 nitrogen and oxygen atoms in total. The molecule has 1 rings (SSSR count). The minimum atomic E-state index is -1.46. The van der Waals surface area contributed by atoms with Crippen molar-refractivity contribution in [3.05, 3.63) is 35.9 Å². The first-order valence-electron chi connectivity index (χ1n) is 12.0. The minimum absolute atomic E-state index is 0.0706. The molecule has 0 bridgehead atoms. The molecule has 214 valence electrons. The molecular formula is C24H34N6O9. The Balaban J connectivity index is 3.05. The van der Waals surface area contributed by atoms with E-state index < -0.39 is 72.1 Å². The van der Waals surface area contributed by atoms with Crippen molar-refractivity contribution in [2.75, 3.05) is 0 Å². The van der Waals surface area contributed by atoms with Crippen LogP contribution >= 0.6 is 0 Å². The average molecular weight is 551 g/mol. The zero-order chi connectivity index (χ0) is 29.5. The molecule has 39 heavy (non-hydrogen) atoms. The van der Waals surface area contributed by atoms with Crippen LogP contribution in [0.25, 0.3) is 0 Å². The molecule has 0 spiro atoms. The van der Waals surface area contributed by atoms with Gasteiger partial charge in [-0.3, -0.25) is 28.8 Å². The summed E-state index contributed by atoms with van der Waals surface area (Å²) >= 11 is 0. The second kappa shape index (κ2) is 16.3. The first kappa shape index (κ1) is 32.5. The zero-order valence-corrected chi connectivity index (χ0v) is 21.1. The molecule has 0 saturated heterocycles. The Kier molecular flexibility index (Phi) is 13.6. The van der Waals surface area contributed by atoms with Crippen molar-refractivity contribution in [3.63, 3.8) is 0 Å². The minimum Gasteiger partial charge on any atom is -0.481 e. The summed E-state index contributed by atoms with van der Waals surface area (Å²) in [6.07, 6.45) is -1.98. The van der Waals surface area contributed by atoms with Crippen LogP contribution in [-0.4, -0.2) is 75.9 Å². The maximum Gasteiger partial charge on any atom is 0.326 e. The van der Waals surface area contributed by atoms with Gasteiger partial charge in [-0.15, -0.1) is 0 Å². The molecule has 0 aliphatic heterocycles. The highest BCUT2D eigenvalue weighted by Gasteiger charge is 2.31. The van der Waals surface area contributed by atoms with E-state index in [1.165, 1.54) is 0 Å². The number of primary amides is 2. The quantitative estimate of drug-likeness (QED) is 0.0950. The molecule has 15 heteroatoms. The van der Waals surface area contributed by atoms with Gasteiger partial charge < -0.3 is 43.4 Å². The van der Waals surface area contributed by atoms with Gasteiger partial charge in [-0.2, -0.15) is 0 Å². The Hall–Kier alpha value is -4.53.